The van der Waals surface area contributed by atoms with Crippen molar-refractivity contribution in [2.45, 2.75) is 72.8 Å². The molecule has 0 aliphatic heterocycles. The fraction of sp³-hybridized carbons (Fsp3) is 0.353. The molecule has 222 valence electrons. The maximum absolute atomic E-state index is 12.1. The third-order valence-corrected chi connectivity index (χ3v) is 5.96. The van der Waals surface area contributed by atoms with Crippen molar-refractivity contribution in [2.75, 3.05) is 5.32 Å². The van der Waals surface area contributed by atoms with Crippen LogP contribution in [0.15, 0.2) is 90.6 Å². The molecule has 0 saturated carbocycles. The summed E-state index contributed by atoms with van der Waals surface area (Å²) in [4.78, 5) is 32.8. The summed E-state index contributed by atoms with van der Waals surface area (Å²) in [6.45, 7) is 10.3. The molecule has 4 N–H and O–H groups in total. The van der Waals surface area contributed by atoms with Crippen molar-refractivity contribution in [3.63, 3.8) is 0 Å². The van der Waals surface area contributed by atoms with Gasteiger partial charge < -0.3 is 16.4 Å². The average Bonchev–Trinajstić information content (AvgIpc) is 2.99. The second-order valence-electron chi connectivity index (χ2n) is 9.01. The van der Waals surface area contributed by atoms with Crippen LogP contribution < -0.4 is 16.4 Å². The molecule has 0 aliphatic carbocycles. The molecule has 1 atom stereocenters. The number of hydrogen-bond donors (Lipinski definition) is 3. The first-order valence-electron chi connectivity index (χ1n) is 14.2. The van der Waals surface area contributed by atoms with Crippen LogP contribution in [0, 0.1) is 12.8 Å². The molecule has 7 heteroatoms. The van der Waals surface area contributed by atoms with Gasteiger partial charge in [-0.05, 0) is 61.6 Å². The Balaban J connectivity index is 0.000000607. The second-order valence-corrected chi connectivity index (χ2v) is 9.45. The Morgan fingerprint density at radius 3 is 1.93 bits per heavy atom. The van der Waals surface area contributed by atoms with Crippen molar-refractivity contribution < 1.29 is 14.4 Å². The van der Waals surface area contributed by atoms with Crippen molar-refractivity contribution in [3.8, 4) is 0 Å². The average molecular weight is 580 g/mol. The minimum Gasteiger partial charge on any atom is -0.391 e. The number of carbonyl (C=O) groups is 2. The Hall–Kier alpha value is -3.86. The predicted molar refractivity (Wildman–Crippen MR) is 172 cm³/mol. The number of nitrogens with two attached hydrogens (primary N) is 1. The predicted octanol–water partition coefficient (Wildman–Crippen LogP) is 7.53. The number of anilines is 1. The summed E-state index contributed by atoms with van der Waals surface area (Å²) in [5.41, 5.74) is 8.50. The highest BCUT2D eigenvalue weighted by atomic mass is 35.5. The van der Waals surface area contributed by atoms with E-state index < -0.39 is 6.04 Å². The van der Waals surface area contributed by atoms with Gasteiger partial charge >= 0.3 is 0 Å². The minimum absolute atomic E-state index is 0.00551. The number of hydrogen-bond acceptors (Lipinski definition) is 4. The molecule has 0 bridgehead atoms. The molecule has 0 spiro atoms. The maximum atomic E-state index is 12.1. The fourth-order valence-corrected chi connectivity index (χ4v) is 3.89. The van der Waals surface area contributed by atoms with Crippen LogP contribution >= 0.6 is 11.6 Å². The second kappa shape index (κ2) is 24.0. The first-order valence-corrected chi connectivity index (χ1v) is 14.5. The highest BCUT2D eigenvalue weighted by molar-refractivity contribution is 6.30. The van der Waals surface area contributed by atoms with Crippen LogP contribution in [-0.4, -0.2) is 24.3 Å². The molecule has 0 radical (unpaired) electrons. The highest BCUT2D eigenvalue weighted by Gasteiger charge is 2.16. The summed E-state index contributed by atoms with van der Waals surface area (Å²) < 4.78 is 0. The van der Waals surface area contributed by atoms with Crippen LogP contribution in [-0.2, 0) is 20.8 Å². The first kappa shape index (κ1) is 37.1. The summed E-state index contributed by atoms with van der Waals surface area (Å²) in [5, 5.41) is 6.28. The molecule has 41 heavy (non-hydrogen) atoms. The number of nitrogens with one attached hydrogen (secondary N) is 2. The molecule has 6 nitrogen and oxygen atoms in total. The maximum Gasteiger partial charge on any atom is 0.227 e. The number of carbonyl (C=O) groups excluding carboxylic acids is 3. The van der Waals surface area contributed by atoms with Gasteiger partial charge in [-0.2, -0.15) is 0 Å². The minimum atomic E-state index is -0.484. The van der Waals surface area contributed by atoms with Gasteiger partial charge in [-0.25, -0.2) is 4.79 Å². The molecule has 3 aromatic rings. The van der Waals surface area contributed by atoms with Crippen molar-refractivity contribution in [1.82, 2.24) is 5.32 Å². The number of aryl methyl sites for hydroxylation is 1. The molecule has 3 rings (SSSR count). The van der Waals surface area contributed by atoms with E-state index >= 15 is 0 Å². The van der Waals surface area contributed by atoms with E-state index in [0.717, 1.165) is 42.0 Å². The third-order valence-electron chi connectivity index (χ3n) is 5.71. The van der Waals surface area contributed by atoms with Gasteiger partial charge in [-0.1, -0.05) is 113 Å². The van der Waals surface area contributed by atoms with Gasteiger partial charge in [-0.15, -0.1) is 0 Å². The Kier molecular flexibility index (Phi) is 21.7. The molecule has 0 heterocycles. The van der Waals surface area contributed by atoms with Gasteiger partial charge in [0.2, 0.25) is 12.3 Å². The quantitative estimate of drug-likeness (QED) is 0.161. The molecule has 0 aliphatic rings. The number of amides is 2. The summed E-state index contributed by atoms with van der Waals surface area (Å²) >= 11 is 5.54. The largest absolute Gasteiger partial charge is 0.391 e. The Labute approximate surface area is 251 Å². The van der Waals surface area contributed by atoms with Crippen molar-refractivity contribution in [1.29, 1.82) is 0 Å². The smallest absolute Gasteiger partial charge is 0.227 e. The normalized spacial score (nSPS) is 10.1. The standard InChI is InChI=1S/C15H23NO.C11H12N2O2.C6H5Cl.C2H6/c1-4-7-13(8-5-2)15(17)16-14-10-6-9-12(3)11-14;12-10(7-14)11(13-8-15)6-9-4-2-1-3-5-9;7-6-4-2-1-3-5-6;1-2/h6,9-11,13H,4-5,7-8H2,1-3H3,(H,16,17);1-5,8,11H,6,12H2,(H,13,15);1-5H;1-2H3. The van der Waals surface area contributed by atoms with Crippen LogP contribution in [0.5, 0.6) is 0 Å². The zero-order chi connectivity index (χ0) is 30.9. The molecule has 0 aromatic heterocycles. The lowest BCUT2D eigenvalue weighted by atomic mass is 9.97. The molecule has 0 fully saturated rings. The van der Waals surface area contributed by atoms with Gasteiger partial charge in [0.15, 0.2) is 0 Å². The monoisotopic (exact) mass is 579 g/mol. The molecular weight excluding hydrogens is 534 g/mol. The van der Waals surface area contributed by atoms with Crippen LogP contribution in [0.1, 0.15) is 64.5 Å². The number of halogens is 1. The zero-order valence-electron chi connectivity index (χ0n) is 25.0. The van der Waals surface area contributed by atoms with E-state index in [-0.39, 0.29) is 17.5 Å². The van der Waals surface area contributed by atoms with Gasteiger partial charge in [0.25, 0.3) is 0 Å². The zero-order valence-corrected chi connectivity index (χ0v) is 25.8. The molecular formula is C34H46ClN3O3. The van der Waals surface area contributed by atoms with Crippen LogP contribution in [0.4, 0.5) is 5.69 Å². The van der Waals surface area contributed by atoms with E-state index in [1.54, 1.807) is 5.94 Å². The van der Waals surface area contributed by atoms with E-state index in [1.807, 2.05) is 106 Å². The summed E-state index contributed by atoms with van der Waals surface area (Å²) in [6, 6.07) is 26.4. The summed E-state index contributed by atoms with van der Waals surface area (Å²) in [6.07, 6.45) is 5.09. The van der Waals surface area contributed by atoms with Crippen molar-refractivity contribution in [2.24, 2.45) is 11.7 Å². The number of benzene rings is 3. The first-order chi connectivity index (χ1) is 19.8. The van der Waals surface area contributed by atoms with Gasteiger partial charge in [0, 0.05) is 16.6 Å². The summed E-state index contributed by atoms with van der Waals surface area (Å²) in [5.74, 6) is 1.92. The van der Waals surface area contributed by atoms with Crippen LogP contribution in [0.25, 0.3) is 0 Å². The molecule has 3 aromatic carbocycles. The van der Waals surface area contributed by atoms with Gasteiger partial charge in [-0.3, -0.25) is 9.59 Å². The number of rotatable bonds is 11. The summed E-state index contributed by atoms with van der Waals surface area (Å²) in [7, 11) is 0. The Morgan fingerprint density at radius 2 is 1.49 bits per heavy atom. The van der Waals surface area contributed by atoms with E-state index in [2.05, 4.69) is 24.5 Å². The molecule has 1 unspecified atom stereocenters. The molecule has 0 saturated heterocycles. The topological polar surface area (TPSA) is 101 Å². The van der Waals surface area contributed by atoms with Gasteiger partial charge in [0.05, 0.1) is 6.04 Å². The molecule has 2 amide bonds. The van der Waals surface area contributed by atoms with Crippen LogP contribution in [0.2, 0.25) is 5.02 Å². The SMILES string of the molecule is CC.CCCC(CCC)C(=O)Nc1cccc(C)c1.Clc1ccccc1.NC(=C=O)C(Cc1ccccc1)NC=O. The van der Waals surface area contributed by atoms with E-state index in [4.69, 9.17) is 17.3 Å². The fourth-order valence-electron chi connectivity index (χ4n) is 3.75. The van der Waals surface area contributed by atoms with E-state index in [0.29, 0.717) is 12.8 Å². The van der Waals surface area contributed by atoms with E-state index in [9.17, 15) is 14.4 Å². The van der Waals surface area contributed by atoms with E-state index in [1.165, 1.54) is 5.56 Å². The van der Waals surface area contributed by atoms with Crippen molar-refractivity contribution in [3.05, 3.63) is 107 Å². The third kappa shape index (κ3) is 17.4. The lowest BCUT2D eigenvalue weighted by Crippen LogP contribution is -2.35. The van der Waals surface area contributed by atoms with Crippen LogP contribution in [0.3, 0.4) is 0 Å². The highest BCUT2D eigenvalue weighted by Crippen LogP contribution is 2.17. The lowest BCUT2D eigenvalue weighted by Gasteiger charge is -2.15. The van der Waals surface area contributed by atoms with Crippen molar-refractivity contribution >= 4 is 35.5 Å². The lowest BCUT2D eigenvalue weighted by molar-refractivity contribution is -0.120. The van der Waals surface area contributed by atoms with Gasteiger partial charge in [0.1, 0.15) is 11.6 Å². The Morgan fingerprint density at radius 1 is 0.927 bits per heavy atom. The Bertz CT molecular complexity index is 1140.